The summed E-state index contributed by atoms with van der Waals surface area (Å²) in [6.07, 6.45) is 2.72. The van der Waals surface area contributed by atoms with Crippen LogP contribution in [0.5, 0.6) is 0 Å². The number of fused-ring (bicyclic) bond motifs is 1. The highest BCUT2D eigenvalue weighted by Crippen LogP contribution is 2.28. The van der Waals surface area contributed by atoms with Crippen LogP contribution in [-0.4, -0.2) is 35.4 Å². The molecule has 6 nitrogen and oxygen atoms in total. The van der Waals surface area contributed by atoms with E-state index in [9.17, 15) is 0 Å². The normalized spacial score (nSPS) is 14.2. The Hall–Kier alpha value is -0.950. The maximum Gasteiger partial charge on any atom is 0.245 e. The number of imidazole rings is 1. The Morgan fingerprint density at radius 2 is 2.19 bits per heavy atom. The van der Waals surface area contributed by atoms with Gasteiger partial charge in [-0.2, -0.15) is 0 Å². The predicted octanol–water partition coefficient (Wildman–Crippen LogP) is 0.900. The second-order valence-corrected chi connectivity index (χ2v) is 4.39. The van der Waals surface area contributed by atoms with Crippen molar-refractivity contribution in [1.29, 1.82) is 0 Å². The fraction of sp³-hybridized carbons (Fsp3) is 0.375. The van der Waals surface area contributed by atoms with Crippen LogP contribution in [0, 0.1) is 0 Å². The van der Waals surface area contributed by atoms with Crippen LogP contribution in [0.4, 0.5) is 0 Å². The van der Waals surface area contributed by atoms with Crippen LogP contribution in [0.3, 0.4) is 0 Å². The van der Waals surface area contributed by atoms with Gasteiger partial charge < -0.3 is 15.2 Å². The summed E-state index contributed by atoms with van der Waals surface area (Å²) in [5, 5.41) is 14.8. The minimum Gasteiger partial charge on any atom is -0.353 e. The summed E-state index contributed by atoms with van der Waals surface area (Å²) in [6.45, 7) is 0. The zero-order valence-corrected chi connectivity index (χ0v) is 9.44. The molecule has 86 valence electrons. The molecule has 0 saturated heterocycles. The Balaban J connectivity index is 2.25. The summed E-state index contributed by atoms with van der Waals surface area (Å²) in [7, 11) is 0. The molecular weight excluding hydrogens is 255 g/mol. The largest absolute Gasteiger partial charge is 0.353 e. The van der Waals surface area contributed by atoms with E-state index in [1.54, 1.807) is 0 Å². The lowest BCUT2D eigenvalue weighted by atomic mass is 10.2. The van der Waals surface area contributed by atoms with Crippen LogP contribution < -0.4 is 0 Å². The molecule has 0 amide bonds. The highest BCUT2D eigenvalue weighted by atomic mass is 35.5. The number of aromatic amines is 1. The molecular formula is C8H8Cl2N4O2. The Morgan fingerprint density at radius 1 is 1.44 bits per heavy atom. The molecule has 2 aromatic heterocycles. The van der Waals surface area contributed by atoms with Crippen molar-refractivity contribution < 1.29 is 10.2 Å². The molecule has 2 rings (SSSR count). The van der Waals surface area contributed by atoms with Gasteiger partial charge in [0.05, 0.1) is 17.9 Å². The molecule has 0 aliphatic rings. The van der Waals surface area contributed by atoms with E-state index in [0.717, 1.165) is 0 Å². The van der Waals surface area contributed by atoms with Crippen molar-refractivity contribution in [2.75, 3.05) is 0 Å². The smallest absolute Gasteiger partial charge is 0.245 e. The van der Waals surface area contributed by atoms with Crippen LogP contribution in [0.25, 0.3) is 11.2 Å². The van der Waals surface area contributed by atoms with E-state index in [2.05, 4.69) is 19.9 Å². The molecule has 3 N–H and O–H groups in total. The molecule has 2 aromatic rings. The fourth-order valence-electron chi connectivity index (χ4n) is 1.22. The second kappa shape index (κ2) is 4.14. The van der Waals surface area contributed by atoms with Gasteiger partial charge >= 0.3 is 0 Å². The molecule has 0 fully saturated rings. The van der Waals surface area contributed by atoms with Crippen molar-refractivity contribution in [1.82, 2.24) is 19.9 Å². The van der Waals surface area contributed by atoms with Crippen molar-refractivity contribution in [2.24, 2.45) is 0 Å². The fourth-order valence-corrected chi connectivity index (χ4v) is 1.77. The number of aliphatic hydroxyl groups is 2. The van der Waals surface area contributed by atoms with E-state index < -0.39 is 10.6 Å². The molecule has 0 bridgehead atoms. The predicted molar refractivity (Wildman–Crippen MR) is 57.9 cm³/mol. The number of nitrogens with one attached hydrogen (secondary N) is 1. The SMILES string of the molecule is OC(O)(Cl)CC(Cl)c1ncc2[nH]cnc2n1. The quantitative estimate of drug-likeness (QED) is 0.565. The lowest BCUT2D eigenvalue weighted by Crippen LogP contribution is -2.21. The molecule has 0 aliphatic heterocycles. The molecule has 0 radical (unpaired) electrons. The van der Waals surface area contributed by atoms with Crippen LogP contribution in [0.2, 0.25) is 0 Å². The van der Waals surface area contributed by atoms with Crippen molar-refractivity contribution in [3.63, 3.8) is 0 Å². The first-order valence-corrected chi connectivity index (χ1v) is 5.21. The number of aromatic nitrogens is 4. The Labute approximate surface area is 100 Å². The monoisotopic (exact) mass is 262 g/mol. The third-order valence-corrected chi connectivity index (χ3v) is 2.42. The van der Waals surface area contributed by atoms with E-state index in [-0.39, 0.29) is 12.2 Å². The molecule has 16 heavy (non-hydrogen) atoms. The van der Waals surface area contributed by atoms with Gasteiger partial charge in [0.25, 0.3) is 0 Å². The van der Waals surface area contributed by atoms with Crippen LogP contribution in [-0.2, 0) is 0 Å². The average molecular weight is 263 g/mol. The van der Waals surface area contributed by atoms with Crippen LogP contribution in [0.15, 0.2) is 12.5 Å². The first-order valence-electron chi connectivity index (χ1n) is 4.39. The number of alkyl halides is 2. The lowest BCUT2D eigenvalue weighted by Gasteiger charge is -2.15. The summed E-state index contributed by atoms with van der Waals surface area (Å²) in [4.78, 5) is 14.8. The molecule has 0 spiro atoms. The minimum atomic E-state index is -2.36. The number of hydrogen-bond acceptors (Lipinski definition) is 5. The molecule has 2 heterocycles. The number of H-pyrrole nitrogens is 1. The number of halogens is 2. The Morgan fingerprint density at radius 3 is 2.88 bits per heavy atom. The minimum absolute atomic E-state index is 0.245. The van der Waals surface area contributed by atoms with Gasteiger partial charge in [-0.15, -0.1) is 11.6 Å². The van der Waals surface area contributed by atoms with E-state index in [1.807, 2.05) is 0 Å². The lowest BCUT2D eigenvalue weighted by molar-refractivity contribution is -0.0900. The molecule has 0 aliphatic carbocycles. The topological polar surface area (TPSA) is 94.9 Å². The van der Waals surface area contributed by atoms with Gasteiger partial charge in [-0.25, -0.2) is 15.0 Å². The Bertz CT molecular complexity index is 496. The standard InChI is InChI=1S/C8H8Cl2N4O2/c9-4(1-8(10,15)16)6-11-2-5-7(14-6)13-3-12-5/h2-4,15-16H,1H2,(H,11,12,13,14). The zero-order valence-electron chi connectivity index (χ0n) is 7.93. The molecule has 1 unspecified atom stereocenters. The van der Waals surface area contributed by atoms with Gasteiger partial charge in [0.1, 0.15) is 11.3 Å². The summed E-state index contributed by atoms with van der Waals surface area (Å²) < 4.78 is 0. The highest BCUT2D eigenvalue weighted by molar-refractivity contribution is 6.24. The van der Waals surface area contributed by atoms with Gasteiger partial charge in [0, 0.05) is 6.42 Å². The van der Waals surface area contributed by atoms with Gasteiger partial charge in [-0.3, -0.25) is 0 Å². The molecule has 0 aromatic carbocycles. The van der Waals surface area contributed by atoms with Crippen LogP contribution in [0.1, 0.15) is 17.6 Å². The van der Waals surface area contributed by atoms with Gasteiger partial charge in [0.15, 0.2) is 5.65 Å². The van der Waals surface area contributed by atoms with Crippen LogP contribution >= 0.6 is 23.2 Å². The van der Waals surface area contributed by atoms with Crippen molar-refractivity contribution in [2.45, 2.75) is 17.0 Å². The van der Waals surface area contributed by atoms with E-state index in [4.69, 9.17) is 33.4 Å². The summed E-state index contributed by atoms with van der Waals surface area (Å²) in [6, 6.07) is 0. The number of nitrogens with zero attached hydrogens (tertiary/aromatic N) is 3. The zero-order chi connectivity index (χ0) is 11.8. The van der Waals surface area contributed by atoms with Gasteiger partial charge in [-0.05, 0) is 0 Å². The average Bonchev–Trinajstić information content (AvgIpc) is 2.61. The van der Waals surface area contributed by atoms with Crippen molar-refractivity contribution in [3.05, 3.63) is 18.3 Å². The Kier molecular flexibility index (Phi) is 2.98. The number of hydrogen-bond donors (Lipinski definition) is 3. The van der Waals surface area contributed by atoms with E-state index in [1.165, 1.54) is 12.5 Å². The van der Waals surface area contributed by atoms with Gasteiger partial charge in [-0.1, -0.05) is 11.6 Å². The maximum absolute atomic E-state index is 8.98. The van der Waals surface area contributed by atoms with E-state index >= 15 is 0 Å². The summed E-state index contributed by atoms with van der Waals surface area (Å²) in [5.41, 5.74) is 1.14. The third-order valence-electron chi connectivity index (χ3n) is 1.91. The van der Waals surface area contributed by atoms with Crippen molar-refractivity contribution in [3.8, 4) is 0 Å². The molecule has 1 atom stereocenters. The highest BCUT2D eigenvalue weighted by Gasteiger charge is 2.26. The second-order valence-electron chi connectivity index (χ2n) is 3.26. The summed E-state index contributed by atoms with van der Waals surface area (Å²) >= 11 is 11.1. The molecule has 8 heteroatoms. The third kappa shape index (κ3) is 2.59. The van der Waals surface area contributed by atoms with Crippen molar-refractivity contribution >= 4 is 34.4 Å². The first kappa shape index (κ1) is 11.5. The maximum atomic E-state index is 8.98. The molecule has 0 saturated carbocycles. The summed E-state index contributed by atoms with van der Waals surface area (Å²) in [5.74, 6) is 0.245. The van der Waals surface area contributed by atoms with Gasteiger partial charge in [0.2, 0.25) is 5.25 Å². The number of rotatable bonds is 3. The van der Waals surface area contributed by atoms with E-state index in [0.29, 0.717) is 11.2 Å². The first-order chi connectivity index (χ1) is 7.46.